The van der Waals surface area contributed by atoms with Crippen molar-refractivity contribution in [1.82, 2.24) is 89.0 Å². The Morgan fingerprint density at radius 2 is 0.833 bits per heavy atom. The van der Waals surface area contributed by atoms with E-state index in [1.54, 1.807) is 128 Å². The van der Waals surface area contributed by atoms with E-state index in [4.69, 9.17) is 39.9 Å². The molecule has 0 unspecified atom stereocenters. The lowest BCUT2D eigenvalue weighted by Crippen LogP contribution is -2.35. The van der Waals surface area contributed by atoms with E-state index in [9.17, 15) is 28.8 Å². The van der Waals surface area contributed by atoms with Crippen molar-refractivity contribution >= 4 is 102 Å². The normalized spacial score (nSPS) is 12.4. The molecule has 3 aromatic carbocycles. The fourth-order valence-electron chi connectivity index (χ4n) is 11.6. The molecule has 3 atom stereocenters. The van der Waals surface area contributed by atoms with E-state index in [0.717, 1.165) is 10.8 Å². The lowest BCUT2D eigenvalue weighted by molar-refractivity contribution is 0.0930. The summed E-state index contributed by atoms with van der Waals surface area (Å²) in [6.07, 6.45) is 10.1. The predicted molar refractivity (Wildman–Crippen MR) is 373 cm³/mol. The van der Waals surface area contributed by atoms with Gasteiger partial charge in [0.2, 0.25) is 0 Å². The minimum atomic E-state index is -0.482. The summed E-state index contributed by atoms with van der Waals surface area (Å²) in [4.78, 5) is 94.3. The number of aryl methyl sites for hydroxylation is 3. The van der Waals surface area contributed by atoms with Crippen molar-refractivity contribution in [3.05, 3.63) is 225 Å². The van der Waals surface area contributed by atoms with Gasteiger partial charge in [0.25, 0.3) is 34.4 Å². The van der Waals surface area contributed by atoms with Crippen LogP contribution in [-0.4, -0.2) is 139 Å². The maximum atomic E-state index is 13.4. The Bertz CT molecular complexity index is 5100. The van der Waals surface area contributed by atoms with Crippen molar-refractivity contribution in [3.8, 4) is 0 Å². The molecular formula is C68H73Cl3N18O7. The molecule has 0 saturated heterocycles. The zero-order valence-electron chi connectivity index (χ0n) is 54.4. The van der Waals surface area contributed by atoms with Crippen LogP contribution in [0.3, 0.4) is 0 Å². The van der Waals surface area contributed by atoms with Crippen molar-refractivity contribution in [2.45, 2.75) is 79.3 Å². The Kier molecular flexibility index (Phi) is 21.8. The van der Waals surface area contributed by atoms with Gasteiger partial charge in [-0.25, -0.2) is 28.5 Å². The van der Waals surface area contributed by atoms with Crippen LogP contribution in [-0.2, 0) is 19.6 Å². The number of hydrogen-bond donors (Lipinski definition) is 6. The van der Waals surface area contributed by atoms with E-state index in [1.165, 1.54) is 0 Å². The average molecular weight is 1360 g/mol. The fraction of sp³-hybridized carbons (Fsp3) is 0.294. The number of aliphatic hydroxyl groups excluding tert-OH is 1. The highest BCUT2D eigenvalue weighted by Gasteiger charge is 2.27. The Hall–Kier alpha value is -9.73. The van der Waals surface area contributed by atoms with Gasteiger partial charge >= 0.3 is 0 Å². The summed E-state index contributed by atoms with van der Waals surface area (Å²) in [6, 6.07) is 25.7. The van der Waals surface area contributed by atoms with Crippen LogP contribution >= 0.6 is 34.8 Å². The molecule has 498 valence electrons. The zero-order chi connectivity index (χ0) is 68.6. The minimum Gasteiger partial charge on any atom is -0.395 e. The highest BCUT2D eigenvalue weighted by molar-refractivity contribution is 6.36. The van der Waals surface area contributed by atoms with Crippen LogP contribution in [0.15, 0.2) is 143 Å². The molecule has 3 amide bonds. The number of hydrogen-bond acceptors (Lipinski definition) is 16. The fourth-order valence-corrected chi connectivity index (χ4v) is 12.4. The molecule has 9 aromatic heterocycles. The van der Waals surface area contributed by atoms with Gasteiger partial charge in [-0.3, -0.25) is 28.8 Å². The predicted octanol–water partition coefficient (Wildman–Crippen LogP) is 7.85. The number of benzene rings is 3. The summed E-state index contributed by atoms with van der Waals surface area (Å²) in [5.74, 6) is -0.906. The number of nitrogens with one attached hydrogen (secondary N) is 5. The topological polar surface area (TPSA) is 291 Å². The Labute approximate surface area is 565 Å². The van der Waals surface area contributed by atoms with Crippen LogP contribution in [0.1, 0.15) is 104 Å². The van der Waals surface area contributed by atoms with E-state index < -0.39 is 18.1 Å². The number of halogens is 3. The minimum absolute atomic E-state index is 0.00476. The Balaban J connectivity index is 0.000000157. The second-order valence-electron chi connectivity index (χ2n) is 23.2. The first-order valence-corrected chi connectivity index (χ1v) is 32.1. The molecule has 9 heterocycles. The maximum Gasteiger partial charge on any atom is 0.260 e. The SMILES string of the molecule is CNCCn1c([C@H](C)NC(=O)c2c(C)nn3cccnc23)cc2cccc(Cl)c2c1=O.Cc1nn2cccnc2c1C(=O)N[C@@H](C)c1cc2cccc(Cl)c2c(=O)n1CCN(C)C.Cc1nn2cccnc2c1C(=O)N[C@@H](C)c1cc2cccc(Cl)c2c(=O)n1CCNCCO. The summed E-state index contributed by atoms with van der Waals surface area (Å²) in [7, 11) is 5.72. The van der Waals surface area contributed by atoms with Crippen molar-refractivity contribution in [2.24, 2.45) is 0 Å². The highest BCUT2D eigenvalue weighted by Crippen LogP contribution is 2.28. The molecule has 6 N–H and O–H groups in total. The third kappa shape index (κ3) is 14.6. The number of rotatable bonds is 20. The number of aliphatic hydroxyl groups is 1. The van der Waals surface area contributed by atoms with Gasteiger partial charge in [-0.1, -0.05) is 71.2 Å². The van der Waals surface area contributed by atoms with Crippen LogP contribution in [0, 0.1) is 20.8 Å². The number of pyridine rings is 3. The van der Waals surface area contributed by atoms with E-state index in [0.29, 0.717) is 150 Å². The molecule has 12 aromatic rings. The van der Waals surface area contributed by atoms with Gasteiger partial charge in [0, 0.05) is 100 Å². The van der Waals surface area contributed by atoms with Crippen molar-refractivity contribution in [1.29, 1.82) is 0 Å². The number of carbonyl (C=O) groups excluding carboxylic acids is 3. The lowest BCUT2D eigenvalue weighted by atomic mass is 10.1. The molecule has 0 aliphatic heterocycles. The van der Waals surface area contributed by atoms with E-state index in [2.05, 4.69) is 56.8 Å². The van der Waals surface area contributed by atoms with Gasteiger partial charge in [0.05, 0.1) is 73.0 Å². The quantitative estimate of drug-likeness (QED) is 0.0396. The summed E-state index contributed by atoms with van der Waals surface area (Å²) in [6.45, 7) is 14.3. The largest absolute Gasteiger partial charge is 0.395 e. The smallest absolute Gasteiger partial charge is 0.260 e. The van der Waals surface area contributed by atoms with E-state index in [1.807, 2.05) is 95.3 Å². The first-order valence-electron chi connectivity index (χ1n) is 31.0. The molecular weight excluding hydrogens is 1290 g/mol. The first-order chi connectivity index (χ1) is 46.1. The number of fused-ring (bicyclic) bond motifs is 6. The molecule has 0 aliphatic rings. The molecule has 0 radical (unpaired) electrons. The van der Waals surface area contributed by atoms with Gasteiger partial charge in [0.15, 0.2) is 16.9 Å². The summed E-state index contributed by atoms with van der Waals surface area (Å²) in [5.41, 5.74) is 5.90. The molecule has 96 heavy (non-hydrogen) atoms. The van der Waals surface area contributed by atoms with Crippen LogP contribution in [0.25, 0.3) is 49.3 Å². The zero-order valence-corrected chi connectivity index (χ0v) is 56.6. The Morgan fingerprint density at radius 3 is 1.16 bits per heavy atom. The molecule has 28 heteroatoms. The first kappa shape index (κ1) is 69.1. The molecule has 0 saturated carbocycles. The number of amides is 3. The lowest BCUT2D eigenvalue weighted by Gasteiger charge is -2.22. The van der Waals surface area contributed by atoms with Gasteiger partial charge < -0.3 is 50.3 Å². The number of nitrogens with zero attached hydrogens (tertiary/aromatic N) is 13. The van der Waals surface area contributed by atoms with Gasteiger partial charge in [-0.05, 0) is 133 Å². The van der Waals surface area contributed by atoms with Crippen LogP contribution in [0.2, 0.25) is 15.1 Å². The number of aromatic nitrogens is 12. The highest BCUT2D eigenvalue weighted by atomic mass is 35.5. The molecule has 25 nitrogen and oxygen atoms in total. The van der Waals surface area contributed by atoms with Crippen LogP contribution < -0.4 is 43.3 Å². The standard InChI is InChI=1S/C23H25ClN6O3.C23H25ClN6O2.C22H23ClN6O2/c1-14(27-22(32)19-15(2)28-30-10-4-7-26-21(19)30)18-13-16-5-3-6-17(24)20(16)23(33)29(18)11-8-25-9-12-31;1-14(26-22(31)19-15(2)27-30-10-6-9-25-21(19)30)18-13-16-7-5-8-17(24)20(16)23(32)29(18)12-11-28(3)4;1-13(26-21(30)18-14(2)27-29-10-5-8-25-20(18)29)17-12-15-6-4-7-16(23)19(15)22(31)28(17)11-9-24-3/h3-7,10,13-14,25,31H,8-9,11-12H2,1-2H3,(H,27,32);5-10,13-14H,11-12H2,1-4H3,(H,26,31);4-8,10,12-13,24H,9,11H2,1-3H3,(H,26,30)/t2*14-;13-/m000/s1. The molecule has 0 aliphatic carbocycles. The van der Waals surface area contributed by atoms with Gasteiger partial charge in [-0.2, -0.15) is 15.3 Å². The number of likely N-dealkylation sites (N-methyl/N-ethyl adjacent to an activating group) is 2. The van der Waals surface area contributed by atoms with Crippen LogP contribution in [0.5, 0.6) is 0 Å². The third-order valence-electron chi connectivity index (χ3n) is 16.3. The summed E-state index contributed by atoms with van der Waals surface area (Å²) >= 11 is 19.0. The van der Waals surface area contributed by atoms with Crippen molar-refractivity contribution < 1.29 is 19.5 Å². The molecule has 12 rings (SSSR count). The van der Waals surface area contributed by atoms with E-state index in [-0.39, 0.29) is 41.0 Å². The molecule has 0 bridgehead atoms. The Morgan fingerprint density at radius 1 is 0.500 bits per heavy atom. The van der Waals surface area contributed by atoms with Crippen LogP contribution in [0.4, 0.5) is 0 Å². The summed E-state index contributed by atoms with van der Waals surface area (Å²) in [5, 5.41) is 42.1. The monoisotopic (exact) mass is 1360 g/mol. The molecule has 0 fully saturated rings. The molecule has 0 spiro atoms. The number of carbonyl (C=O) groups is 3. The third-order valence-corrected chi connectivity index (χ3v) is 17.2. The summed E-state index contributed by atoms with van der Waals surface area (Å²) < 4.78 is 9.70. The maximum absolute atomic E-state index is 13.4. The van der Waals surface area contributed by atoms with Crippen molar-refractivity contribution in [2.75, 3.05) is 53.9 Å². The second-order valence-corrected chi connectivity index (χ2v) is 24.4. The average Bonchev–Trinajstić information content (AvgIpc) is 1.25. The van der Waals surface area contributed by atoms with Gasteiger partial charge in [-0.15, -0.1) is 0 Å². The second kappa shape index (κ2) is 30.3. The van der Waals surface area contributed by atoms with Crippen molar-refractivity contribution in [3.63, 3.8) is 0 Å². The van der Waals surface area contributed by atoms with Gasteiger partial charge in [0.1, 0.15) is 16.7 Å². The van der Waals surface area contributed by atoms with E-state index >= 15 is 0 Å².